The van der Waals surface area contributed by atoms with Crippen LogP contribution in [0.3, 0.4) is 0 Å². The van der Waals surface area contributed by atoms with Crippen molar-refractivity contribution in [2.75, 3.05) is 0 Å². The van der Waals surface area contributed by atoms with Crippen LogP contribution in [-0.4, -0.2) is 31.1 Å². The standard InChI is InChI=1S/C14H16ClN3O3S/c1-3-18-12(8-21-11-6-4-10(15)5-7-11)16-17-14(18)22-9(2)13(19)20/h4-7,9H,3,8H2,1-2H3,(H,19,20)/t9-/m1/s1. The molecule has 0 saturated heterocycles. The normalized spacial score (nSPS) is 12.1. The maximum atomic E-state index is 10.9. The molecule has 6 nitrogen and oxygen atoms in total. The summed E-state index contributed by atoms with van der Waals surface area (Å²) in [6, 6.07) is 7.04. The molecule has 1 aromatic heterocycles. The first-order chi connectivity index (χ1) is 10.5. The Labute approximate surface area is 137 Å². The average molecular weight is 342 g/mol. The molecule has 0 fully saturated rings. The second kappa shape index (κ2) is 7.51. The molecule has 2 rings (SSSR count). The molecule has 0 radical (unpaired) electrons. The van der Waals surface area contributed by atoms with Crippen LogP contribution in [0.25, 0.3) is 0 Å². The Hall–Kier alpha value is -1.73. The molecule has 0 aliphatic rings. The Morgan fingerprint density at radius 2 is 2.09 bits per heavy atom. The van der Waals surface area contributed by atoms with E-state index in [0.717, 1.165) is 11.8 Å². The highest BCUT2D eigenvalue weighted by atomic mass is 35.5. The fourth-order valence-electron chi connectivity index (χ4n) is 1.72. The minimum absolute atomic E-state index is 0.254. The Morgan fingerprint density at radius 3 is 2.68 bits per heavy atom. The summed E-state index contributed by atoms with van der Waals surface area (Å²) < 4.78 is 7.49. The third-order valence-electron chi connectivity index (χ3n) is 2.92. The van der Waals surface area contributed by atoms with Crippen LogP contribution in [0, 0.1) is 0 Å². The van der Waals surface area contributed by atoms with Gasteiger partial charge in [-0.2, -0.15) is 0 Å². The van der Waals surface area contributed by atoms with E-state index in [1.807, 2.05) is 11.5 Å². The van der Waals surface area contributed by atoms with Crippen LogP contribution in [0.5, 0.6) is 5.75 Å². The van der Waals surface area contributed by atoms with E-state index in [1.165, 1.54) is 0 Å². The van der Waals surface area contributed by atoms with Gasteiger partial charge in [-0.25, -0.2) is 0 Å². The van der Waals surface area contributed by atoms with Crippen LogP contribution in [0.2, 0.25) is 5.02 Å². The van der Waals surface area contributed by atoms with Crippen LogP contribution in [0.4, 0.5) is 0 Å². The highest BCUT2D eigenvalue weighted by Crippen LogP contribution is 2.23. The lowest BCUT2D eigenvalue weighted by molar-refractivity contribution is -0.136. The summed E-state index contributed by atoms with van der Waals surface area (Å²) in [6.07, 6.45) is 0. The van der Waals surface area contributed by atoms with Gasteiger partial charge in [0.2, 0.25) is 0 Å². The highest BCUT2D eigenvalue weighted by molar-refractivity contribution is 8.00. The molecule has 8 heteroatoms. The van der Waals surface area contributed by atoms with E-state index in [-0.39, 0.29) is 6.61 Å². The zero-order valence-electron chi connectivity index (χ0n) is 12.2. The van der Waals surface area contributed by atoms with E-state index >= 15 is 0 Å². The number of aliphatic carboxylic acids is 1. The summed E-state index contributed by atoms with van der Waals surface area (Å²) in [7, 11) is 0. The van der Waals surface area contributed by atoms with Gasteiger partial charge in [0.1, 0.15) is 17.6 Å². The third kappa shape index (κ3) is 4.14. The Kier molecular flexibility index (Phi) is 5.68. The molecule has 0 amide bonds. The Morgan fingerprint density at radius 1 is 1.41 bits per heavy atom. The van der Waals surface area contributed by atoms with Crippen LogP contribution >= 0.6 is 23.4 Å². The van der Waals surface area contributed by atoms with Crippen molar-refractivity contribution in [1.82, 2.24) is 14.8 Å². The largest absolute Gasteiger partial charge is 0.486 e. The number of halogens is 1. The second-order valence-electron chi connectivity index (χ2n) is 4.48. The van der Waals surface area contributed by atoms with E-state index < -0.39 is 11.2 Å². The fraction of sp³-hybridized carbons (Fsp3) is 0.357. The van der Waals surface area contributed by atoms with Crippen molar-refractivity contribution in [2.45, 2.75) is 37.4 Å². The fourth-order valence-corrected chi connectivity index (χ4v) is 2.71. The van der Waals surface area contributed by atoms with Gasteiger partial charge in [0.25, 0.3) is 0 Å². The number of thioether (sulfide) groups is 1. The first-order valence-corrected chi connectivity index (χ1v) is 7.97. The van der Waals surface area contributed by atoms with Gasteiger partial charge < -0.3 is 14.4 Å². The number of hydrogen-bond donors (Lipinski definition) is 1. The summed E-state index contributed by atoms with van der Waals surface area (Å²) in [5.41, 5.74) is 0. The van der Waals surface area contributed by atoms with Gasteiger partial charge in [0.05, 0.1) is 0 Å². The van der Waals surface area contributed by atoms with Gasteiger partial charge in [0.15, 0.2) is 11.0 Å². The quantitative estimate of drug-likeness (QED) is 0.780. The van der Waals surface area contributed by atoms with Crippen LogP contribution in [0.15, 0.2) is 29.4 Å². The molecule has 1 aromatic carbocycles. The summed E-state index contributed by atoms with van der Waals surface area (Å²) in [4.78, 5) is 10.9. The van der Waals surface area contributed by atoms with Crippen molar-refractivity contribution >= 4 is 29.3 Å². The number of carboxylic acid groups (broad SMARTS) is 1. The molecule has 1 heterocycles. The SMILES string of the molecule is CCn1c(COc2ccc(Cl)cc2)nnc1S[C@H](C)C(=O)O. The zero-order valence-corrected chi connectivity index (χ0v) is 13.8. The molecular weight excluding hydrogens is 326 g/mol. The number of carbonyl (C=O) groups is 1. The lowest BCUT2D eigenvalue weighted by atomic mass is 10.3. The number of aromatic nitrogens is 3. The molecule has 0 aliphatic carbocycles. The van der Waals surface area contributed by atoms with E-state index in [2.05, 4.69) is 10.2 Å². The van der Waals surface area contributed by atoms with Gasteiger partial charge in [-0.15, -0.1) is 10.2 Å². The lowest BCUT2D eigenvalue weighted by Gasteiger charge is -2.10. The van der Waals surface area contributed by atoms with E-state index in [9.17, 15) is 4.79 Å². The minimum atomic E-state index is -0.880. The van der Waals surface area contributed by atoms with Crippen molar-refractivity contribution in [3.05, 3.63) is 35.1 Å². The molecular formula is C14H16ClN3O3S. The van der Waals surface area contributed by atoms with Crippen molar-refractivity contribution in [3.8, 4) is 5.75 Å². The second-order valence-corrected chi connectivity index (χ2v) is 6.23. The van der Waals surface area contributed by atoms with E-state index in [0.29, 0.717) is 28.3 Å². The summed E-state index contributed by atoms with van der Waals surface area (Å²) in [5.74, 6) is 0.454. The van der Waals surface area contributed by atoms with Crippen LogP contribution in [0.1, 0.15) is 19.7 Å². The summed E-state index contributed by atoms with van der Waals surface area (Å²) >= 11 is 6.99. The van der Waals surface area contributed by atoms with E-state index in [1.54, 1.807) is 31.2 Å². The first-order valence-electron chi connectivity index (χ1n) is 6.71. The van der Waals surface area contributed by atoms with Gasteiger partial charge in [0, 0.05) is 11.6 Å². The molecule has 2 aromatic rings. The number of rotatable bonds is 7. The van der Waals surface area contributed by atoms with Crippen molar-refractivity contribution < 1.29 is 14.6 Å². The molecule has 118 valence electrons. The van der Waals surface area contributed by atoms with Crippen molar-refractivity contribution in [1.29, 1.82) is 0 Å². The molecule has 0 spiro atoms. The zero-order chi connectivity index (χ0) is 16.1. The molecule has 0 saturated carbocycles. The number of hydrogen-bond acceptors (Lipinski definition) is 5. The first kappa shape index (κ1) is 16.6. The van der Waals surface area contributed by atoms with Gasteiger partial charge in [-0.05, 0) is 38.1 Å². The molecule has 1 atom stereocenters. The molecule has 22 heavy (non-hydrogen) atoms. The number of ether oxygens (including phenoxy) is 1. The summed E-state index contributed by atoms with van der Waals surface area (Å²) in [6.45, 7) is 4.46. The Bertz CT molecular complexity index is 645. The maximum Gasteiger partial charge on any atom is 0.316 e. The molecule has 0 bridgehead atoms. The maximum absolute atomic E-state index is 10.9. The minimum Gasteiger partial charge on any atom is -0.486 e. The van der Waals surface area contributed by atoms with Gasteiger partial charge in [-0.1, -0.05) is 23.4 Å². The number of carboxylic acids is 1. The lowest BCUT2D eigenvalue weighted by Crippen LogP contribution is -2.13. The van der Waals surface area contributed by atoms with Gasteiger partial charge >= 0.3 is 5.97 Å². The average Bonchev–Trinajstić information content (AvgIpc) is 2.88. The predicted molar refractivity (Wildman–Crippen MR) is 84.4 cm³/mol. The topological polar surface area (TPSA) is 77.2 Å². The van der Waals surface area contributed by atoms with Crippen molar-refractivity contribution in [2.24, 2.45) is 0 Å². The van der Waals surface area contributed by atoms with E-state index in [4.69, 9.17) is 21.4 Å². The number of nitrogens with zero attached hydrogens (tertiary/aromatic N) is 3. The third-order valence-corrected chi connectivity index (χ3v) is 4.24. The number of benzene rings is 1. The highest BCUT2D eigenvalue weighted by Gasteiger charge is 2.19. The monoisotopic (exact) mass is 341 g/mol. The van der Waals surface area contributed by atoms with Gasteiger partial charge in [-0.3, -0.25) is 4.79 Å². The summed E-state index contributed by atoms with van der Waals surface area (Å²) in [5, 5.41) is 17.7. The van der Waals surface area contributed by atoms with Crippen molar-refractivity contribution in [3.63, 3.8) is 0 Å². The van der Waals surface area contributed by atoms with Crippen LogP contribution < -0.4 is 4.74 Å². The molecule has 0 aliphatic heterocycles. The molecule has 1 N–H and O–H groups in total. The van der Waals surface area contributed by atoms with Crippen LogP contribution in [-0.2, 0) is 17.9 Å². The predicted octanol–water partition coefficient (Wildman–Crippen LogP) is 3.10. The molecule has 0 unspecified atom stereocenters. The Balaban J connectivity index is 2.06. The smallest absolute Gasteiger partial charge is 0.316 e.